The highest BCUT2D eigenvalue weighted by atomic mass is 19.1. The summed E-state index contributed by atoms with van der Waals surface area (Å²) in [7, 11) is 0. The molecule has 1 atom stereocenters. The first-order valence-corrected chi connectivity index (χ1v) is 7.58. The molecule has 2 amide bonds. The minimum atomic E-state index is -0.964. The zero-order valence-electron chi connectivity index (χ0n) is 13.4. The summed E-state index contributed by atoms with van der Waals surface area (Å²) in [6, 6.07) is 9.10. The molecule has 0 radical (unpaired) electrons. The first-order valence-electron chi connectivity index (χ1n) is 7.58. The predicted molar refractivity (Wildman–Crippen MR) is 88.0 cm³/mol. The summed E-state index contributed by atoms with van der Waals surface area (Å²) in [5.74, 6) is -2.82. The molecule has 0 bridgehead atoms. The summed E-state index contributed by atoms with van der Waals surface area (Å²) in [6.07, 6.45) is 0.765. The van der Waals surface area contributed by atoms with Crippen molar-refractivity contribution in [3.8, 4) is 0 Å². The van der Waals surface area contributed by atoms with Gasteiger partial charge in [0.2, 0.25) is 0 Å². The number of benzene rings is 2. The van der Waals surface area contributed by atoms with Gasteiger partial charge in [-0.05, 0) is 37.6 Å². The molecular weight excluding hydrogens is 314 g/mol. The minimum absolute atomic E-state index is 0.0178. The molecule has 0 aromatic heterocycles. The largest absolute Gasteiger partial charge is 0.350 e. The van der Waals surface area contributed by atoms with Crippen molar-refractivity contribution in [3.05, 3.63) is 65.2 Å². The maximum Gasteiger partial charge on any atom is 0.258 e. The molecule has 2 aromatic rings. The van der Waals surface area contributed by atoms with Crippen LogP contribution < -0.4 is 10.6 Å². The van der Waals surface area contributed by atoms with Crippen molar-refractivity contribution in [2.45, 2.75) is 26.3 Å². The smallest absolute Gasteiger partial charge is 0.258 e. The number of anilines is 1. The van der Waals surface area contributed by atoms with Crippen molar-refractivity contribution in [2.24, 2.45) is 0 Å². The third-order valence-electron chi connectivity index (χ3n) is 3.59. The van der Waals surface area contributed by atoms with E-state index in [1.54, 1.807) is 24.3 Å². The SMILES string of the molecule is CC[C@H](C)NC(=O)c1ccccc1NC(=O)c1ccc(F)cc1F. The number of amides is 2. The average Bonchev–Trinajstić information content (AvgIpc) is 2.54. The van der Waals surface area contributed by atoms with E-state index in [2.05, 4.69) is 10.6 Å². The van der Waals surface area contributed by atoms with Crippen LogP contribution in [-0.4, -0.2) is 17.9 Å². The number of para-hydroxylation sites is 1. The Morgan fingerprint density at radius 1 is 1.04 bits per heavy atom. The second-order valence-electron chi connectivity index (χ2n) is 5.41. The van der Waals surface area contributed by atoms with E-state index >= 15 is 0 Å². The summed E-state index contributed by atoms with van der Waals surface area (Å²) in [5, 5.41) is 5.30. The zero-order chi connectivity index (χ0) is 17.7. The molecule has 0 aliphatic rings. The van der Waals surface area contributed by atoms with Crippen molar-refractivity contribution < 1.29 is 18.4 Å². The molecule has 0 fully saturated rings. The molecule has 0 heterocycles. The quantitative estimate of drug-likeness (QED) is 0.876. The number of carbonyl (C=O) groups is 2. The van der Waals surface area contributed by atoms with Gasteiger partial charge in [0.05, 0.1) is 16.8 Å². The second kappa shape index (κ2) is 7.68. The summed E-state index contributed by atoms with van der Waals surface area (Å²) in [5.41, 5.74) is 0.231. The summed E-state index contributed by atoms with van der Waals surface area (Å²) in [4.78, 5) is 24.5. The topological polar surface area (TPSA) is 58.2 Å². The Kier molecular flexibility index (Phi) is 5.63. The number of hydrogen-bond donors (Lipinski definition) is 2. The first kappa shape index (κ1) is 17.6. The lowest BCUT2D eigenvalue weighted by Crippen LogP contribution is -2.32. The summed E-state index contributed by atoms with van der Waals surface area (Å²) in [6.45, 7) is 3.81. The molecule has 24 heavy (non-hydrogen) atoms. The fourth-order valence-electron chi connectivity index (χ4n) is 2.06. The molecule has 0 spiro atoms. The van der Waals surface area contributed by atoms with Crippen LogP contribution in [0.1, 0.15) is 41.0 Å². The van der Waals surface area contributed by atoms with Gasteiger partial charge in [0.25, 0.3) is 11.8 Å². The Labute approximate surface area is 138 Å². The van der Waals surface area contributed by atoms with Gasteiger partial charge in [0, 0.05) is 12.1 Å². The number of nitrogens with one attached hydrogen (secondary N) is 2. The molecule has 0 unspecified atom stereocenters. The number of hydrogen-bond acceptors (Lipinski definition) is 2. The van der Waals surface area contributed by atoms with Crippen LogP contribution in [0.3, 0.4) is 0 Å². The van der Waals surface area contributed by atoms with Gasteiger partial charge in [-0.1, -0.05) is 19.1 Å². The van der Waals surface area contributed by atoms with E-state index in [1.807, 2.05) is 13.8 Å². The van der Waals surface area contributed by atoms with Crippen LogP contribution in [-0.2, 0) is 0 Å². The Balaban J connectivity index is 2.23. The molecular formula is C18H18F2N2O2. The third-order valence-corrected chi connectivity index (χ3v) is 3.59. The molecule has 0 saturated heterocycles. The van der Waals surface area contributed by atoms with E-state index in [9.17, 15) is 18.4 Å². The van der Waals surface area contributed by atoms with Gasteiger partial charge in [-0.2, -0.15) is 0 Å². The van der Waals surface area contributed by atoms with Crippen LogP contribution in [0, 0.1) is 11.6 Å². The van der Waals surface area contributed by atoms with Gasteiger partial charge in [0.1, 0.15) is 11.6 Å². The molecule has 2 rings (SSSR count). The highest BCUT2D eigenvalue weighted by Gasteiger charge is 2.17. The lowest BCUT2D eigenvalue weighted by atomic mass is 10.1. The molecule has 2 N–H and O–H groups in total. The Bertz CT molecular complexity index is 762. The van der Waals surface area contributed by atoms with Crippen molar-refractivity contribution in [1.82, 2.24) is 5.32 Å². The van der Waals surface area contributed by atoms with Crippen LogP contribution in [0.15, 0.2) is 42.5 Å². The van der Waals surface area contributed by atoms with Crippen LogP contribution in [0.2, 0.25) is 0 Å². The fourth-order valence-corrected chi connectivity index (χ4v) is 2.06. The highest BCUT2D eigenvalue weighted by Crippen LogP contribution is 2.18. The monoisotopic (exact) mass is 332 g/mol. The van der Waals surface area contributed by atoms with Crippen LogP contribution in [0.4, 0.5) is 14.5 Å². The van der Waals surface area contributed by atoms with E-state index in [0.717, 1.165) is 18.6 Å². The van der Waals surface area contributed by atoms with Crippen LogP contribution >= 0.6 is 0 Å². The van der Waals surface area contributed by atoms with E-state index < -0.39 is 17.5 Å². The average molecular weight is 332 g/mol. The number of carbonyl (C=O) groups excluding carboxylic acids is 2. The molecule has 0 aliphatic carbocycles. The van der Waals surface area contributed by atoms with E-state index in [4.69, 9.17) is 0 Å². The first-order chi connectivity index (χ1) is 11.4. The van der Waals surface area contributed by atoms with Crippen molar-refractivity contribution in [1.29, 1.82) is 0 Å². The molecule has 2 aromatic carbocycles. The Hall–Kier alpha value is -2.76. The summed E-state index contributed by atoms with van der Waals surface area (Å²) < 4.78 is 26.6. The highest BCUT2D eigenvalue weighted by molar-refractivity contribution is 6.09. The third kappa shape index (κ3) is 4.16. The molecule has 0 saturated carbocycles. The van der Waals surface area contributed by atoms with Crippen molar-refractivity contribution in [3.63, 3.8) is 0 Å². The fraction of sp³-hybridized carbons (Fsp3) is 0.222. The normalized spacial score (nSPS) is 11.7. The van der Waals surface area contributed by atoms with E-state index in [0.29, 0.717) is 6.07 Å². The Morgan fingerprint density at radius 3 is 2.42 bits per heavy atom. The lowest BCUT2D eigenvalue weighted by Gasteiger charge is -2.14. The van der Waals surface area contributed by atoms with E-state index in [-0.39, 0.29) is 28.8 Å². The van der Waals surface area contributed by atoms with Gasteiger partial charge >= 0.3 is 0 Å². The van der Waals surface area contributed by atoms with E-state index in [1.165, 1.54) is 0 Å². The van der Waals surface area contributed by atoms with Gasteiger partial charge in [-0.3, -0.25) is 9.59 Å². The number of rotatable bonds is 5. The molecule has 126 valence electrons. The second-order valence-corrected chi connectivity index (χ2v) is 5.41. The minimum Gasteiger partial charge on any atom is -0.350 e. The van der Waals surface area contributed by atoms with Gasteiger partial charge < -0.3 is 10.6 Å². The van der Waals surface area contributed by atoms with Crippen molar-refractivity contribution in [2.75, 3.05) is 5.32 Å². The van der Waals surface area contributed by atoms with Crippen LogP contribution in [0.25, 0.3) is 0 Å². The van der Waals surface area contributed by atoms with Gasteiger partial charge in [-0.15, -0.1) is 0 Å². The molecule has 6 heteroatoms. The predicted octanol–water partition coefficient (Wildman–Crippen LogP) is 3.75. The standard InChI is InChI=1S/C18H18F2N2O2/c1-3-11(2)21-18(24)14-6-4-5-7-16(14)22-17(23)13-9-8-12(19)10-15(13)20/h4-11H,3H2,1-2H3,(H,21,24)(H,22,23)/t11-/m0/s1. The maximum atomic E-state index is 13.7. The Morgan fingerprint density at radius 2 is 1.75 bits per heavy atom. The zero-order valence-corrected chi connectivity index (χ0v) is 13.4. The van der Waals surface area contributed by atoms with Crippen molar-refractivity contribution >= 4 is 17.5 Å². The van der Waals surface area contributed by atoms with Gasteiger partial charge in [-0.25, -0.2) is 8.78 Å². The summed E-state index contributed by atoms with van der Waals surface area (Å²) >= 11 is 0. The van der Waals surface area contributed by atoms with Crippen LogP contribution in [0.5, 0.6) is 0 Å². The molecule has 0 aliphatic heterocycles. The lowest BCUT2D eigenvalue weighted by molar-refractivity contribution is 0.0940. The number of halogens is 2. The maximum absolute atomic E-state index is 13.7. The van der Waals surface area contributed by atoms with Gasteiger partial charge in [0.15, 0.2) is 0 Å². The molecule has 4 nitrogen and oxygen atoms in total.